The molecule has 0 unspecified atom stereocenters. The van der Waals surface area contributed by atoms with Crippen molar-refractivity contribution >= 4 is 40.1 Å². The maximum Gasteiger partial charge on any atom is 0.375 e. The molecular weight excluding hydrogens is 330 g/mol. The van der Waals surface area contributed by atoms with Gasteiger partial charge >= 0.3 is 5.97 Å². The van der Waals surface area contributed by atoms with Gasteiger partial charge in [0.1, 0.15) is 5.58 Å². The number of anilines is 1. The molecule has 1 amide bonds. The van der Waals surface area contributed by atoms with Gasteiger partial charge in [0.05, 0.1) is 0 Å². The lowest BCUT2D eigenvalue weighted by atomic mass is 10.2. The molecule has 0 aliphatic carbocycles. The highest BCUT2D eigenvalue weighted by atomic mass is 35.5. The summed E-state index contributed by atoms with van der Waals surface area (Å²) in [4.78, 5) is 24.2. The van der Waals surface area contributed by atoms with E-state index in [2.05, 4.69) is 5.32 Å². The maximum absolute atomic E-state index is 12.1. The molecule has 6 heteroatoms. The molecule has 1 N–H and O–H groups in total. The van der Waals surface area contributed by atoms with Crippen molar-refractivity contribution in [3.05, 3.63) is 65.4 Å². The second-order valence-corrected chi connectivity index (χ2v) is 5.63. The first-order valence-electron chi connectivity index (χ1n) is 7.29. The molecule has 5 nitrogen and oxygen atoms in total. The number of esters is 1. The van der Waals surface area contributed by atoms with Crippen LogP contribution in [0, 0.1) is 0 Å². The van der Waals surface area contributed by atoms with Crippen LogP contribution in [0.3, 0.4) is 0 Å². The number of para-hydroxylation sites is 1. The predicted octanol–water partition coefficient (Wildman–Crippen LogP) is 4.27. The average Bonchev–Trinajstić information content (AvgIpc) is 2.99. The van der Waals surface area contributed by atoms with E-state index in [1.165, 1.54) is 6.92 Å². The number of benzene rings is 2. The number of ether oxygens (including phenoxy) is 1. The zero-order valence-corrected chi connectivity index (χ0v) is 13.5. The van der Waals surface area contributed by atoms with E-state index in [1.807, 2.05) is 18.2 Å². The number of fused-ring (bicyclic) bond motifs is 1. The first kappa shape index (κ1) is 16.1. The van der Waals surface area contributed by atoms with E-state index < -0.39 is 18.0 Å². The number of carbonyl (C=O) groups excluding carboxylic acids is 2. The van der Waals surface area contributed by atoms with Crippen LogP contribution in [0.2, 0.25) is 5.02 Å². The Kier molecular flexibility index (Phi) is 4.53. The molecular formula is C18H14ClNO4. The van der Waals surface area contributed by atoms with Gasteiger partial charge in [0.15, 0.2) is 6.10 Å². The normalized spacial score (nSPS) is 11.9. The van der Waals surface area contributed by atoms with Crippen LogP contribution in [0.4, 0.5) is 5.69 Å². The summed E-state index contributed by atoms with van der Waals surface area (Å²) < 4.78 is 10.6. The van der Waals surface area contributed by atoms with Gasteiger partial charge in [-0.25, -0.2) is 4.79 Å². The molecule has 0 spiro atoms. The smallest absolute Gasteiger partial charge is 0.375 e. The van der Waals surface area contributed by atoms with Crippen molar-refractivity contribution in [3.8, 4) is 0 Å². The van der Waals surface area contributed by atoms with Gasteiger partial charge in [-0.3, -0.25) is 4.79 Å². The van der Waals surface area contributed by atoms with Gasteiger partial charge in [-0.2, -0.15) is 0 Å². The fraction of sp³-hybridized carbons (Fsp3) is 0.111. The minimum absolute atomic E-state index is 0.0543. The first-order chi connectivity index (χ1) is 11.5. The van der Waals surface area contributed by atoms with Gasteiger partial charge in [-0.05, 0) is 37.3 Å². The molecule has 0 saturated heterocycles. The molecule has 3 rings (SSSR count). The van der Waals surface area contributed by atoms with Crippen LogP contribution in [-0.4, -0.2) is 18.0 Å². The quantitative estimate of drug-likeness (QED) is 0.718. The molecule has 1 atom stereocenters. The van der Waals surface area contributed by atoms with Gasteiger partial charge in [0, 0.05) is 16.1 Å². The second kappa shape index (κ2) is 6.76. The third kappa shape index (κ3) is 3.58. The van der Waals surface area contributed by atoms with Gasteiger partial charge in [0.25, 0.3) is 5.91 Å². The first-order valence-corrected chi connectivity index (χ1v) is 7.67. The van der Waals surface area contributed by atoms with Crippen molar-refractivity contribution in [1.29, 1.82) is 0 Å². The third-order valence-electron chi connectivity index (χ3n) is 3.37. The number of carbonyl (C=O) groups is 2. The summed E-state index contributed by atoms with van der Waals surface area (Å²) in [5.74, 6) is -1.10. The highest BCUT2D eigenvalue weighted by molar-refractivity contribution is 6.30. The zero-order valence-electron chi connectivity index (χ0n) is 12.8. The number of halogens is 1. The predicted molar refractivity (Wildman–Crippen MR) is 91.2 cm³/mol. The van der Waals surface area contributed by atoms with Crippen molar-refractivity contribution in [2.75, 3.05) is 5.32 Å². The molecule has 0 aliphatic rings. The monoisotopic (exact) mass is 343 g/mol. The number of amides is 1. The molecule has 0 bridgehead atoms. The van der Waals surface area contributed by atoms with Crippen LogP contribution in [-0.2, 0) is 9.53 Å². The molecule has 0 saturated carbocycles. The Labute approximate surface area is 143 Å². The van der Waals surface area contributed by atoms with Crippen molar-refractivity contribution in [3.63, 3.8) is 0 Å². The Morgan fingerprint density at radius 1 is 1.12 bits per heavy atom. The fourth-order valence-electron chi connectivity index (χ4n) is 2.16. The van der Waals surface area contributed by atoms with Gasteiger partial charge in [0.2, 0.25) is 5.76 Å². The van der Waals surface area contributed by atoms with Crippen molar-refractivity contribution in [2.24, 2.45) is 0 Å². The lowest BCUT2D eigenvalue weighted by Crippen LogP contribution is -2.29. The minimum atomic E-state index is -0.982. The van der Waals surface area contributed by atoms with Gasteiger partial charge in [-0.15, -0.1) is 0 Å². The Morgan fingerprint density at radius 3 is 2.67 bits per heavy atom. The Hall–Kier alpha value is -2.79. The summed E-state index contributed by atoms with van der Waals surface area (Å²) in [6.45, 7) is 1.49. The molecule has 2 aromatic carbocycles. The summed E-state index contributed by atoms with van der Waals surface area (Å²) >= 11 is 5.86. The van der Waals surface area contributed by atoms with Gasteiger partial charge in [-0.1, -0.05) is 35.9 Å². The van der Waals surface area contributed by atoms with Crippen LogP contribution in [0.1, 0.15) is 17.5 Å². The Bertz CT molecular complexity index is 870. The number of hydrogen-bond acceptors (Lipinski definition) is 4. The molecule has 0 radical (unpaired) electrons. The van der Waals surface area contributed by atoms with E-state index in [0.717, 1.165) is 5.39 Å². The average molecular weight is 344 g/mol. The summed E-state index contributed by atoms with van der Waals surface area (Å²) in [7, 11) is 0. The zero-order chi connectivity index (χ0) is 17.1. The van der Waals surface area contributed by atoms with Crippen molar-refractivity contribution in [1.82, 2.24) is 0 Å². The minimum Gasteiger partial charge on any atom is -0.449 e. The summed E-state index contributed by atoms with van der Waals surface area (Å²) in [5.41, 5.74) is 1.11. The number of rotatable bonds is 4. The largest absolute Gasteiger partial charge is 0.449 e. The van der Waals surface area contributed by atoms with Crippen molar-refractivity contribution in [2.45, 2.75) is 13.0 Å². The molecule has 0 aliphatic heterocycles. The van der Waals surface area contributed by atoms with E-state index in [0.29, 0.717) is 16.3 Å². The van der Waals surface area contributed by atoms with E-state index in [1.54, 1.807) is 36.4 Å². The van der Waals surface area contributed by atoms with Crippen LogP contribution in [0.25, 0.3) is 11.0 Å². The summed E-state index contributed by atoms with van der Waals surface area (Å²) in [6.07, 6.45) is -0.982. The fourth-order valence-corrected chi connectivity index (χ4v) is 2.36. The summed E-state index contributed by atoms with van der Waals surface area (Å²) in [6, 6.07) is 15.5. The molecule has 24 heavy (non-hydrogen) atoms. The van der Waals surface area contributed by atoms with Gasteiger partial charge < -0.3 is 14.5 Å². The standard InChI is InChI=1S/C18H14ClNO4/c1-11(17(21)20-14-7-4-6-13(19)10-14)23-18(22)16-9-12-5-2-3-8-15(12)24-16/h2-11H,1H3,(H,20,21)/t11-/m0/s1. The lowest BCUT2D eigenvalue weighted by molar-refractivity contribution is -0.123. The molecule has 1 heterocycles. The van der Waals surface area contributed by atoms with E-state index in [-0.39, 0.29) is 5.76 Å². The van der Waals surface area contributed by atoms with Crippen LogP contribution in [0.5, 0.6) is 0 Å². The number of hydrogen-bond donors (Lipinski definition) is 1. The number of furan rings is 1. The lowest BCUT2D eigenvalue weighted by Gasteiger charge is -2.12. The van der Waals surface area contributed by atoms with Crippen LogP contribution in [0.15, 0.2) is 59.0 Å². The SMILES string of the molecule is C[C@H](OC(=O)c1cc2ccccc2o1)C(=O)Nc1cccc(Cl)c1. The third-order valence-corrected chi connectivity index (χ3v) is 3.61. The molecule has 1 aromatic heterocycles. The second-order valence-electron chi connectivity index (χ2n) is 5.20. The van der Waals surface area contributed by atoms with E-state index in [9.17, 15) is 9.59 Å². The van der Waals surface area contributed by atoms with E-state index >= 15 is 0 Å². The highest BCUT2D eigenvalue weighted by Crippen LogP contribution is 2.20. The van der Waals surface area contributed by atoms with Crippen LogP contribution >= 0.6 is 11.6 Å². The maximum atomic E-state index is 12.1. The summed E-state index contributed by atoms with van der Waals surface area (Å²) in [5, 5.41) is 3.93. The molecule has 0 fully saturated rings. The molecule has 122 valence electrons. The van der Waals surface area contributed by atoms with Crippen molar-refractivity contribution < 1.29 is 18.7 Å². The van der Waals surface area contributed by atoms with Crippen LogP contribution < -0.4 is 5.32 Å². The number of nitrogens with one attached hydrogen (secondary N) is 1. The Morgan fingerprint density at radius 2 is 1.92 bits per heavy atom. The molecule has 3 aromatic rings. The topological polar surface area (TPSA) is 68.5 Å². The van der Waals surface area contributed by atoms with E-state index in [4.69, 9.17) is 20.8 Å². The Balaban J connectivity index is 1.65. The highest BCUT2D eigenvalue weighted by Gasteiger charge is 2.21.